The van der Waals surface area contributed by atoms with Gasteiger partial charge in [-0.3, -0.25) is 0 Å². The number of halogens is 2. The second kappa shape index (κ2) is 1.97. The molecule has 1 aliphatic carbocycles. The Morgan fingerprint density at radius 1 is 1.38 bits per heavy atom. The van der Waals surface area contributed by atoms with Gasteiger partial charge >= 0.3 is 0 Å². The summed E-state index contributed by atoms with van der Waals surface area (Å²) in [5, 5.41) is 0. The van der Waals surface area contributed by atoms with Gasteiger partial charge < -0.3 is 5.73 Å². The Kier molecular flexibility index (Phi) is 1.47. The molecular weight excluding hydrogens is 112 g/mol. The van der Waals surface area contributed by atoms with Crippen molar-refractivity contribution in [3.8, 4) is 0 Å². The smallest absolute Gasteiger partial charge is 0.253 e. The van der Waals surface area contributed by atoms with Crippen LogP contribution in [0, 0.1) is 5.92 Å². The summed E-state index contributed by atoms with van der Waals surface area (Å²) in [6.45, 7) is 0. The Bertz CT molecular complexity index is 78.5. The Morgan fingerprint density at radius 2 is 1.88 bits per heavy atom. The van der Waals surface area contributed by atoms with Gasteiger partial charge in [0.05, 0.1) is 6.04 Å². The molecule has 0 saturated heterocycles. The van der Waals surface area contributed by atoms with Crippen LogP contribution in [0.3, 0.4) is 0 Å². The van der Waals surface area contributed by atoms with E-state index in [0.29, 0.717) is 0 Å². The van der Waals surface area contributed by atoms with Crippen LogP contribution in [-0.2, 0) is 0 Å². The second-order valence-electron chi connectivity index (χ2n) is 2.25. The first-order valence-corrected chi connectivity index (χ1v) is 2.75. The van der Waals surface area contributed by atoms with Crippen molar-refractivity contribution >= 4 is 0 Å². The van der Waals surface area contributed by atoms with E-state index in [2.05, 4.69) is 0 Å². The van der Waals surface area contributed by atoms with E-state index in [1.165, 1.54) is 0 Å². The first-order chi connectivity index (χ1) is 3.72. The lowest BCUT2D eigenvalue weighted by Crippen LogP contribution is -2.30. The summed E-state index contributed by atoms with van der Waals surface area (Å²) in [4.78, 5) is 0. The first-order valence-electron chi connectivity index (χ1n) is 2.75. The number of hydrogen-bond donors (Lipinski definition) is 1. The van der Waals surface area contributed by atoms with Crippen LogP contribution in [0.2, 0.25) is 0 Å². The molecule has 1 aliphatic rings. The average molecular weight is 121 g/mol. The molecule has 1 saturated carbocycles. The fourth-order valence-electron chi connectivity index (χ4n) is 0.687. The average Bonchev–Trinajstić information content (AvgIpc) is 2.43. The predicted molar refractivity (Wildman–Crippen MR) is 26.7 cm³/mol. The van der Waals surface area contributed by atoms with Gasteiger partial charge in [0.2, 0.25) is 0 Å². The Hall–Kier alpha value is -0.180. The van der Waals surface area contributed by atoms with Crippen LogP contribution in [0.5, 0.6) is 0 Å². The van der Waals surface area contributed by atoms with Crippen molar-refractivity contribution in [3.63, 3.8) is 0 Å². The normalized spacial score (nSPS) is 24.0. The van der Waals surface area contributed by atoms with Gasteiger partial charge in [-0.25, -0.2) is 8.78 Å². The van der Waals surface area contributed by atoms with Crippen molar-refractivity contribution in [1.82, 2.24) is 0 Å². The van der Waals surface area contributed by atoms with E-state index in [1.54, 1.807) is 0 Å². The van der Waals surface area contributed by atoms with E-state index < -0.39 is 12.5 Å². The van der Waals surface area contributed by atoms with E-state index in [-0.39, 0.29) is 5.92 Å². The number of nitrogens with two attached hydrogens (primary N) is 1. The van der Waals surface area contributed by atoms with Crippen LogP contribution in [0.15, 0.2) is 0 Å². The Morgan fingerprint density at radius 3 is 2.00 bits per heavy atom. The minimum Gasteiger partial charge on any atom is -0.323 e. The second-order valence-corrected chi connectivity index (χ2v) is 2.25. The molecule has 8 heavy (non-hydrogen) atoms. The van der Waals surface area contributed by atoms with Gasteiger partial charge in [0.25, 0.3) is 6.43 Å². The molecule has 0 aromatic heterocycles. The van der Waals surface area contributed by atoms with Gasteiger partial charge in [-0.05, 0) is 18.8 Å². The molecule has 0 aromatic carbocycles. The van der Waals surface area contributed by atoms with Gasteiger partial charge in [-0.2, -0.15) is 0 Å². The summed E-state index contributed by atoms with van der Waals surface area (Å²) in [5.74, 6) is 0.120. The third-order valence-electron chi connectivity index (χ3n) is 1.46. The molecule has 1 rings (SSSR count). The highest BCUT2D eigenvalue weighted by Gasteiger charge is 2.33. The lowest BCUT2D eigenvalue weighted by molar-refractivity contribution is 0.107. The summed E-state index contributed by atoms with van der Waals surface area (Å²) in [7, 11) is 0. The predicted octanol–water partition coefficient (Wildman–Crippen LogP) is 0.989. The number of alkyl halides is 2. The van der Waals surface area contributed by atoms with E-state index >= 15 is 0 Å². The van der Waals surface area contributed by atoms with Crippen molar-refractivity contribution < 1.29 is 8.78 Å². The molecule has 1 nitrogen and oxygen atoms in total. The Labute approximate surface area is 46.9 Å². The molecule has 0 radical (unpaired) electrons. The molecule has 0 amide bonds. The fourth-order valence-corrected chi connectivity index (χ4v) is 0.687. The summed E-state index contributed by atoms with van der Waals surface area (Å²) in [6.07, 6.45) is -0.528. The zero-order valence-electron chi connectivity index (χ0n) is 4.48. The first kappa shape index (κ1) is 5.95. The molecule has 0 heterocycles. The highest BCUT2D eigenvalue weighted by Crippen LogP contribution is 2.33. The summed E-state index contributed by atoms with van der Waals surface area (Å²) in [6, 6.07) is -0.852. The van der Waals surface area contributed by atoms with Gasteiger partial charge in [-0.1, -0.05) is 0 Å². The van der Waals surface area contributed by atoms with E-state index in [4.69, 9.17) is 5.73 Å². The van der Waals surface area contributed by atoms with E-state index in [9.17, 15) is 8.78 Å². The molecule has 3 heteroatoms. The monoisotopic (exact) mass is 121 g/mol. The van der Waals surface area contributed by atoms with Gasteiger partial charge in [0.15, 0.2) is 0 Å². The largest absolute Gasteiger partial charge is 0.323 e. The lowest BCUT2D eigenvalue weighted by atomic mass is 10.2. The number of hydrogen-bond acceptors (Lipinski definition) is 1. The van der Waals surface area contributed by atoms with Crippen LogP contribution in [-0.4, -0.2) is 12.5 Å². The highest BCUT2D eigenvalue weighted by molar-refractivity contribution is 4.85. The van der Waals surface area contributed by atoms with Crippen LogP contribution < -0.4 is 5.73 Å². The minimum atomic E-state index is -2.32. The van der Waals surface area contributed by atoms with Crippen LogP contribution in [0.4, 0.5) is 8.78 Å². The topological polar surface area (TPSA) is 26.0 Å². The third-order valence-corrected chi connectivity index (χ3v) is 1.46. The highest BCUT2D eigenvalue weighted by atomic mass is 19.3. The van der Waals surface area contributed by atoms with Crippen LogP contribution in [0.25, 0.3) is 0 Å². The zero-order chi connectivity index (χ0) is 6.15. The molecular formula is C5H9F2N. The maximum Gasteiger partial charge on any atom is 0.253 e. The molecule has 48 valence electrons. The van der Waals surface area contributed by atoms with Crippen molar-refractivity contribution in [3.05, 3.63) is 0 Å². The van der Waals surface area contributed by atoms with E-state index in [1.807, 2.05) is 0 Å². The SMILES string of the molecule is NC(C(F)F)C1CC1. The van der Waals surface area contributed by atoms with Crippen LogP contribution >= 0.6 is 0 Å². The molecule has 1 fully saturated rings. The molecule has 0 spiro atoms. The zero-order valence-corrected chi connectivity index (χ0v) is 4.48. The van der Waals surface area contributed by atoms with Gasteiger partial charge in [-0.15, -0.1) is 0 Å². The fraction of sp³-hybridized carbons (Fsp3) is 1.00. The Balaban J connectivity index is 2.22. The summed E-state index contributed by atoms with van der Waals surface area (Å²) >= 11 is 0. The van der Waals surface area contributed by atoms with Crippen molar-refractivity contribution in [1.29, 1.82) is 0 Å². The number of rotatable bonds is 2. The maximum atomic E-state index is 11.6. The molecule has 1 atom stereocenters. The van der Waals surface area contributed by atoms with E-state index in [0.717, 1.165) is 12.8 Å². The minimum absolute atomic E-state index is 0.120. The standard InChI is InChI=1S/C5H9F2N/c6-5(7)4(8)3-1-2-3/h3-5H,1-2,8H2. The molecule has 0 aliphatic heterocycles. The van der Waals surface area contributed by atoms with Crippen LogP contribution in [0.1, 0.15) is 12.8 Å². The summed E-state index contributed by atoms with van der Waals surface area (Å²) in [5.41, 5.74) is 5.07. The van der Waals surface area contributed by atoms with Gasteiger partial charge in [0.1, 0.15) is 0 Å². The quantitative estimate of drug-likeness (QED) is 0.579. The lowest BCUT2D eigenvalue weighted by Gasteiger charge is -2.05. The maximum absolute atomic E-state index is 11.6. The molecule has 0 bridgehead atoms. The van der Waals surface area contributed by atoms with Crippen molar-refractivity contribution in [2.24, 2.45) is 11.7 Å². The van der Waals surface area contributed by atoms with Gasteiger partial charge in [0, 0.05) is 0 Å². The summed E-state index contributed by atoms with van der Waals surface area (Å²) < 4.78 is 23.2. The van der Waals surface area contributed by atoms with Crippen molar-refractivity contribution in [2.75, 3.05) is 0 Å². The van der Waals surface area contributed by atoms with Crippen molar-refractivity contribution in [2.45, 2.75) is 25.3 Å². The molecule has 2 N–H and O–H groups in total. The molecule has 0 aromatic rings. The third kappa shape index (κ3) is 1.15. The molecule has 1 unspecified atom stereocenters.